The van der Waals surface area contributed by atoms with Crippen LogP contribution in [-0.2, 0) is 6.61 Å². The normalized spacial score (nSPS) is 20.6. The fourth-order valence-electron chi connectivity index (χ4n) is 4.03. The number of benzene rings is 2. The van der Waals surface area contributed by atoms with Gasteiger partial charge in [0.1, 0.15) is 29.1 Å². The molecule has 0 radical (unpaired) electrons. The van der Waals surface area contributed by atoms with Crippen LogP contribution < -0.4 is 29.1 Å². The summed E-state index contributed by atoms with van der Waals surface area (Å²) in [6.07, 6.45) is -2.53. The monoisotopic (exact) mass is 442 g/mol. The third-order valence-electron chi connectivity index (χ3n) is 5.79. The summed E-state index contributed by atoms with van der Waals surface area (Å²) in [5.41, 5.74) is -1.14. The summed E-state index contributed by atoms with van der Waals surface area (Å²) >= 11 is 0. The van der Waals surface area contributed by atoms with E-state index in [-0.39, 0.29) is 40.4 Å². The maximum absolute atomic E-state index is 13.3. The number of hydrogen-bond donors (Lipinski definition) is 2. The van der Waals surface area contributed by atoms with Crippen molar-refractivity contribution in [2.45, 2.75) is 38.3 Å². The molecule has 9 heteroatoms. The Morgan fingerprint density at radius 1 is 1.03 bits per heavy atom. The van der Waals surface area contributed by atoms with E-state index in [0.29, 0.717) is 23.0 Å². The second-order valence-electron chi connectivity index (χ2n) is 8.18. The predicted octanol–water partition coefficient (Wildman–Crippen LogP) is 3.06. The van der Waals surface area contributed by atoms with Crippen molar-refractivity contribution in [2.24, 2.45) is 0 Å². The van der Waals surface area contributed by atoms with Crippen molar-refractivity contribution in [1.82, 2.24) is 0 Å². The first-order chi connectivity index (χ1) is 15.2. The van der Waals surface area contributed by atoms with Crippen molar-refractivity contribution in [3.8, 4) is 34.5 Å². The molecule has 2 atom stereocenters. The summed E-state index contributed by atoms with van der Waals surface area (Å²) in [5, 5.41) is 21.5. The van der Waals surface area contributed by atoms with Crippen LogP contribution in [0.15, 0.2) is 33.5 Å². The van der Waals surface area contributed by atoms with Crippen LogP contribution in [-0.4, -0.2) is 36.1 Å². The molecule has 2 aliphatic heterocycles. The van der Waals surface area contributed by atoms with Crippen molar-refractivity contribution in [3.63, 3.8) is 0 Å². The molecule has 3 heterocycles. The van der Waals surface area contributed by atoms with Gasteiger partial charge in [0.05, 0.1) is 25.2 Å². The van der Waals surface area contributed by atoms with E-state index in [1.807, 2.05) is 0 Å². The second-order valence-corrected chi connectivity index (χ2v) is 8.18. The van der Waals surface area contributed by atoms with Crippen LogP contribution in [0.4, 0.5) is 0 Å². The second kappa shape index (κ2) is 7.04. The molecule has 0 bridgehead atoms. The van der Waals surface area contributed by atoms with Crippen LogP contribution in [0, 0.1) is 0 Å². The van der Waals surface area contributed by atoms with Gasteiger partial charge in [-0.25, -0.2) is 0 Å². The van der Waals surface area contributed by atoms with Gasteiger partial charge in [-0.1, -0.05) is 0 Å². The van der Waals surface area contributed by atoms with Crippen LogP contribution in [0.5, 0.6) is 34.5 Å². The zero-order chi connectivity index (χ0) is 22.8. The Morgan fingerprint density at radius 2 is 1.72 bits per heavy atom. The van der Waals surface area contributed by atoms with Gasteiger partial charge in [0.25, 0.3) is 0 Å². The summed E-state index contributed by atoms with van der Waals surface area (Å²) in [6.45, 7) is 3.24. The number of aliphatic hydroxyl groups is 2. The van der Waals surface area contributed by atoms with Gasteiger partial charge in [0.15, 0.2) is 35.4 Å². The molecule has 0 saturated carbocycles. The lowest BCUT2D eigenvalue weighted by Crippen LogP contribution is -2.48. The van der Waals surface area contributed by atoms with Crippen LogP contribution in [0.1, 0.15) is 31.3 Å². The highest BCUT2D eigenvalue weighted by Gasteiger charge is 2.44. The number of aliphatic hydroxyl groups excluding tert-OH is 2. The Morgan fingerprint density at radius 3 is 2.41 bits per heavy atom. The zero-order valence-electron chi connectivity index (χ0n) is 17.9. The number of fused-ring (bicyclic) bond motifs is 5. The Bertz CT molecular complexity index is 1290. The van der Waals surface area contributed by atoms with Gasteiger partial charge < -0.3 is 38.3 Å². The molecule has 0 aliphatic carbocycles. The highest BCUT2D eigenvalue weighted by Crippen LogP contribution is 2.46. The zero-order valence-corrected chi connectivity index (χ0v) is 17.9. The van der Waals surface area contributed by atoms with Crippen LogP contribution in [0.2, 0.25) is 0 Å². The summed E-state index contributed by atoms with van der Waals surface area (Å²) in [7, 11) is 2.99. The molecule has 2 unspecified atom stereocenters. The fourth-order valence-corrected chi connectivity index (χ4v) is 4.03. The molecule has 168 valence electrons. The van der Waals surface area contributed by atoms with Gasteiger partial charge in [0, 0.05) is 12.1 Å². The van der Waals surface area contributed by atoms with Crippen molar-refractivity contribution in [3.05, 3.63) is 45.8 Å². The van der Waals surface area contributed by atoms with Gasteiger partial charge in [-0.05, 0) is 26.0 Å². The Labute approximate surface area is 182 Å². The molecule has 2 aromatic carbocycles. The lowest BCUT2D eigenvalue weighted by atomic mass is 9.87. The van der Waals surface area contributed by atoms with Crippen molar-refractivity contribution >= 4 is 11.0 Å². The van der Waals surface area contributed by atoms with Crippen molar-refractivity contribution in [2.75, 3.05) is 14.2 Å². The smallest absolute Gasteiger partial charge is 0.235 e. The molecule has 2 aliphatic rings. The lowest BCUT2D eigenvalue weighted by molar-refractivity contribution is -0.111. The number of rotatable bonds is 2. The Hall–Kier alpha value is -3.43. The quantitative estimate of drug-likeness (QED) is 0.617. The molecule has 2 N–H and O–H groups in total. The Kier molecular flexibility index (Phi) is 4.51. The number of ether oxygens (including phenoxy) is 5. The molecule has 1 aromatic heterocycles. The lowest BCUT2D eigenvalue weighted by Gasteiger charge is -2.40. The molecular formula is C23H22O9. The van der Waals surface area contributed by atoms with E-state index < -0.39 is 23.2 Å². The molecule has 0 spiro atoms. The highest BCUT2D eigenvalue weighted by molar-refractivity contribution is 5.84. The van der Waals surface area contributed by atoms with Gasteiger partial charge in [-0.15, -0.1) is 0 Å². The minimum absolute atomic E-state index is 0.0319. The average molecular weight is 442 g/mol. The minimum Gasteiger partial charge on any atom is -0.493 e. The minimum atomic E-state index is -1.31. The van der Waals surface area contributed by atoms with Gasteiger partial charge >= 0.3 is 0 Å². The van der Waals surface area contributed by atoms with E-state index in [1.54, 1.807) is 38.1 Å². The summed E-state index contributed by atoms with van der Waals surface area (Å²) in [5.74, 6) is 1.90. The summed E-state index contributed by atoms with van der Waals surface area (Å²) in [4.78, 5) is 13.3. The fraction of sp³-hybridized carbons (Fsp3) is 0.348. The van der Waals surface area contributed by atoms with E-state index in [1.165, 1.54) is 14.2 Å². The molecule has 0 fully saturated rings. The summed E-state index contributed by atoms with van der Waals surface area (Å²) < 4.78 is 34.2. The molecule has 9 nitrogen and oxygen atoms in total. The van der Waals surface area contributed by atoms with E-state index in [4.69, 9.17) is 28.1 Å². The first-order valence-electron chi connectivity index (χ1n) is 9.99. The number of hydrogen-bond acceptors (Lipinski definition) is 9. The van der Waals surface area contributed by atoms with Crippen LogP contribution >= 0.6 is 0 Å². The van der Waals surface area contributed by atoms with E-state index in [9.17, 15) is 15.0 Å². The predicted molar refractivity (Wildman–Crippen MR) is 112 cm³/mol. The average Bonchev–Trinajstić information content (AvgIpc) is 2.95. The van der Waals surface area contributed by atoms with Gasteiger partial charge in [0.2, 0.25) is 11.2 Å². The van der Waals surface area contributed by atoms with E-state index in [0.717, 1.165) is 0 Å². The maximum Gasteiger partial charge on any atom is 0.235 e. The van der Waals surface area contributed by atoms with Crippen LogP contribution in [0.3, 0.4) is 0 Å². The Balaban J connectivity index is 1.69. The van der Waals surface area contributed by atoms with Crippen molar-refractivity contribution in [1.29, 1.82) is 0 Å². The third kappa shape index (κ3) is 2.89. The molecule has 32 heavy (non-hydrogen) atoms. The van der Waals surface area contributed by atoms with Crippen molar-refractivity contribution < 1.29 is 38.3 Å². The van der Waals surface area contributed by atoms with E-state index >= 15 is 0 Å². The molecule has 5 rings (SSSR count). The van der Waals surface area contributed by atoms with Crippen LogP contribution in [0.25, 0.3) is 11.0 Å². The van der Waals surface area contributed by atoms with E-state index in [2.05, 4.69) is 0 Å². The number of methoxy groups -OCH3 is 2. The maximum atomic E-state index is 13.3. The highest BCUT2D eigenvalue weighted by atomic mass is 16.6. The molecule has 0 amide bonds. The van der Waals surface area contributed by atoms with Gasteiger partial charge in [-0.3, -0.25) is 4.79 Å². The first-order valence-corrected chi connectivity index (χ1v) is 9.99. The standard InChI is InChI=1S/C23H22O9/c1-23(2)22(26)19(25)17-11(32-23)6-5-10-18(24)21-16(31-20(10)17)9-29-14-7-12(27-3)13(28-4)8-15(14)30-21/h5-8,19,22,25-26H,9H2,1-4H3. The summed E-state index contributed by atoms with van der Waals surface area (Å²) in [6, 6.07) is 6.29. The topological polar surface area (TPSA) is 117 Å². The van der Waals surface area contributed by atoms with Gasteiger partial charge in [-0.2, -0.15) is 0 Å². The SMILES string of the molecule is COc1cc2c(cc1OC)Oc1c(oc3c4c(ccc3c1=O)OC(C)(C)C(O)C4O)CO2. The largest absolute Gasteiger partial charge is 0.493 e. The molecule has 3 aromatic rings. The molecule has 0 saturated heterocycles. The first kappa shape index (κ1) is 20.5. The molecular weight excluding hydrogens is 420 g/mol. The third-order valence-corrected chi connectivity index (χ3v) is 5.79.